The number of likely N-dealkylation sites (N-methyl/N-ethyl adjacent to an activating group) is 2. The third-order valence-corrected chi connectivity index (χ3v) is 5.32. The molecule has 1 aromatic heterocycles. The number of nitrogens with one attached hydrogen (secondary N) is 1. The third kappa shape index (κ3) is 5.49. The van der Waals surface area contributed by atoms with Crippen molar-refractivity contribution in [1.29, 1.82) is 5.26 Å². The predicted octanol–water partition coefficient (Wildman–Crippen LogP) is 2.76. The summed E-state index contributed by atoms with van der Waals surface area (Å²) in [5.74, 6) is 0.241. The lowest BCUT2D eigenvalue weighted by atomic mass is 10.2. The van der Waals surface area contributed by atoms with E-state index in [1.165, 1.54) is 0 Å². The Morgan fingerprint density at radius 2 is 1.73 bits per heavy atom. The zero-order valence-electron chi connectivity index (χ0n) is 18.5. The van der Waals surface area contributed by atoms with E-state index in [0.717, 1.165) is 16.8 Å². The molecule has 0 aliphatic carbocycles. The molecule has 0 atom stereocenters. The largest absolute Gasteiger partial charge is 0.342 e. The van der Waals surface area contributed by atoms with Crippen LogP contribution in [0.15, 0.2) is 30.3 Å². The lowest BCUT2D eigenvalue weighted by Gasteiger charge is -2.23. The van der Waals surface area contributed by atoms with Gasteiger partial charge in [0.2, 0.25) is 11.8 Å². The second-order valence-electron chi connectivity index (χ2n) is 7.40. The standard InChI is InChI=1S/C23H31N5O2/c1-6-27(7-2)22(30)16-26(5)15-21(29)25-23-20(13-24)17(3)18(4)28(23)14-19-11-9-8-10-12-19/h8-12H,6-7,14-16H2,1-5H3,(H,25,29). The Morgan fingerprint density at radius 3 is 2.30 bits per heavy atom. The quantitative estimate of drug-likeness (QED) is 0.690. The molecule has 0 bridgehead atoms. The molecule has 160 valence electrons. The number of anilines is 1. The van der Waals surface area contributed by atoms with Crippen molar-refractivity contribution in [3.63, 3.8) is 0 Å². The Morgan fingerprint density at radius 1 is 1.10 bits per heavy atom. The first-order valence-electron chi connectivity index (χ1n) is 10.2. The molecule has 2 aromatic rings. The average molecular weight is 410 g/mol. The van der Waals surface area contributed by atoms with E-state index in [2.05, 4.69) is 11.4 Å². The summed E-state index contributed by atoms with van der Waals surface area (Å²) in [4.78, 5) is 28.4. The highest BCUT2D eigenvalue weighted by molar-refractivity contribution is 5.93. The fourth-order valence-corrected chi connectivity index (χ4v) is 3.47. The van der Waals surface area contributed by atoms with Gasteiger partial charge < -0.3 is 14.8 Å². The van der Waals surface area contributed by atoms with Crippen LogP contribution >= 0.6 is 0 Å². The van der Waals surface area contributed by atoms with Gasteiger partial charge in [0.15, 0.2) is 0 Å². The monoisotopic (exact) mass is 409 g/mol. The fourth-order valence-electron chi connectivity index (χ4n) is 3.47. The van der Waals surface area contributed by atoms with Gasteiger partial charge in [-0.1, -0.05) is 30.3 Å². The van der Waals surface area contributed by atoms with Gasteiger partial charge >= 0.3 is 0 Å². The van der Waals surface area contributed by atoms with Crippen LogP contribution in [0.3, 0.4) is 0 Å². The smallest absolute Gasteiger partial charge is 0.239 e. The third-order valence-electron chi connectivity index (χ3n) is 5.32. The minimum Gasteiger partial charge on any atom is -0.342 e. The molecular formula is C23H31N5O2. The molecule has 7 nitrogen and oxygen atoms in total. The summed E-state index contributed by atoms with van der Waals surface area (Å²) in [5, 5.41) is 12.6. The number of aromatic nitrogens is 1. The Bertz CT molecular complexity index is 923. The van der Waals surface area contributed by atoms with Gasteiger partial charge in [0, 0.05) is 25.3 Å². The molecule has 1 aromatic carbocycles. The Labute approximate surface area is 178 Å². The van der Waals surface area contributed by atoms with Gasteiger partial charge in [-0.15, -0.1) is 0 Å². The molecule has 0 spiro atoms. The first kappa shape index (κ1) is 23.2. The number of rotatable bonds is 9. The molecular weight excluding hydrogens is 378 g/mol. The lowest BCUT2D eigenvalue weighted by molar-refractivity contribution is -0.132. The van der Waals surface area contributed by atoms with Gasteiger partial charge in [-0.25, -0.2) is 0 Å². The highest BCUT2D eigenvalue weighted by Crippen LogP contribution is 2.27. The van der Waals surface area contributed by atoms with Gasteiger partial charge in [0.25, 0.3) is 0 Å². The van der Waals surface area contributed by atoms with Crippen LogP contribution in [-0.2, 0) is 16.1 Å². The van der Waals surface area contributed by atoms with Crippen LogP contribution in [0.4, 0.5) is 5.82 Å². The predicted molar refractivity (Wildman–Crippen MR) is 118 cm³/mol. The van der Waals surface area contributed by atoms with Gasteiger partial charge in [0.1, 0.15) is 11.9 Å². The minimum atomic E-state index is -0.256. The van der Waals surface area contributed by atoms with Gasteiger partial charge in [-0.2, -0.15) is 5.26 Å². The SMILES string of the molecule is CCN(CC)C(=O)CN(C)CC(=O)Nc1c(C#N)c(C)c(C)n1Cc1ccccc1. The van der Waals surface area contributed by atoms with Crippen LogP contribution in [0.5, 0.6) is 0 Å². The van der Waals surface area contributed by atoms with E-state index in [-0.39, 0.29) is 24.9 Å². The molecule has 2 rings (SSSR count). The maximum absolute atomic E-state index is 12.7. The lowest BCUT2D eigenvalue weighted by Crippen LogP contribution is -2.41. The summed E-state index contributed by atoms with van der Waals surface area (Å²) in [5.41, 5.74) is 3.35. The van der Waals surface area contributed by atoms with E-state index < -0.39 is 0 Å². The van der Waals surface area contributed by atoms with E-state index in [0.29, 0.717) is 31.0 Å². The summed E-state index contributed by atoms with van der Waals surface area (Å²) < 4.78 is 1.96. The minimum absolute atomic E-state index is 0.00726. The van der Waals surface area contributed by atoms with E-state index >= 15 is 0 Å². The average Bonchev–Trinajstić information content (AvgIpc) is 2.93. The number of amides is 2. The number of carbonyl (C=O) groups is 2. The van der Waals surface area contributed by atoms with E-state index in [1.54, 1.807) is 16.8 Å². The van der Waals surface area contributed by atoms with Crippen molar-refractivity contribution in [2.45, 2.75) is 34.2 Å². The number of hydrogen-bond donors (Lipinski definition) is 1. The number of hydrogen-bond acceptors (Lipinski definition) is 4. The Kier molecular flexibility index (Phi) is 8.19. The molecule has 7 heteroatoms. The van der Waals surface area contributed by atoms with Crippen molar-refractivity contribution < 1.29 is 9.59 Å². The zero-order chi connectivity index (χ0) is 22.3. The highest BCUT2D eigenvalue weighted by Gasteiger charge is 2.21. The number of nitriles is 1. The van der Waals surface area contributed by atoms with Crippen molar-refractivity contribution in [3.8, 4) is 6.07 Å². The van der Waals surface area contributed by atoms with Gasteiger partial charge in [-0.05, 0) is 45.9 Å². The summed E-state index contributed by atoms with van der Waals surface area (Å²) in [7, 11) is 1.74. The molecule has 0 radical (unpaired) electrons. The number of nitrogens with zero attached hydrogens (tertiary/aromatic N) is 4. The first-order valence-corrected chi connectivity index (χ1v) is 10.2. The topological polar surface area (TPSA) is 81.4 Å². The second kappa shape index (κ2) is 10.6. The van der Waals surface area contributed by atoms with E-state index in [9.17, 15) is 14.9 Å². The summed E-state index contributed by atoms with van der Waals surface area (Å²) in [6.45, 7) is 9.78. The van der Waals surface area contributed by atoms with Crippen LogP contribution in [0, 0.1) is 25.2 Å². The summed E-state index contributed by atoms with van der Waals surface area (Å²) in [6, 6.07) is 12.1. The summed E-state index contributed by atoms with van der Waals surface area (Å²) >= 11 is 0. The Hall–Kier alpha value is -3.11. The molecule has 1 heterocycles. The van der Waals surface area contributed by atoms with Crippen molar-refractivity contribution in [2.24, 2.45) is 0 Å². The van der Waals surface area contributed by atoms with Gasteiger partial charge in [0.05, 0.1) is 18.7 Å². The van der Waals surface area contributed by atoms with Crippen LogP contribution in [-0.4, -0.2) is 59.4 Å². The zero-order valence-corrected chi connectivity index (χ0v) is 18.5. The molecule has 2 amide bonds. The molecule has 30 heavy (non-hydrogen) atoms. The molecule has 0 fully saturated rings. The van der Waals surface area contributed by atoms with Crippen molar-refractivity contribution in [3.05, 3.63) is 52.7 Å². The number of benzene rings is 1. The van der Waals surface area contributed by atoms with Crippen molar-refractivity contribution >= 4 is 17.6 Å². The maximum atomic E-state index is 12.7. The maximum Gasteiger partial charge on any atom is 0.239 e. The molecule has 0 saturated carbocycles. The van der Waals surface area contributed by atoms with Crippen molar-refractivity contribution in [2.75, 3.05) is 38.5 Å². The first-order chi connectivity index (χ1) is 14.3. The molecule has 0 saturated heterocycles. The number of carbonyl (C=O) groups excluding carboxylic acids is 2. The van der Waals surface area contributed by atoms with E-state index in [4.69, 9.17) is 0 Å². The molecule has 0 unspecified atom stereocenters. The second-order valence-corrected chi connectivity index (χ2v) is 7.40. The van der Waals surface area contributed by atoms with Crippen LogP contribution in [0.25, 0.3) is 0 Å². The van der Waals surface area contributed by atoms with Crippen LogP contribution in [0.1, 0.15) is 36.2 Å². The van der Waals surface area contributed by atoms with Crippen LogP contribution < -0.4 is 5.32 Å². The fraction of sp³-hybridized carbons (Fsp3) is 0.435. The normalized spacial score (nSPS) is 10.7. The Balaban J connectivity index is 2.17. The molecule has 0 aliphatic heterocycles. The highest BCUT2D eigenvalue weighted by atomic mass is 16.2. The summed E-state index contributed by atoms with van der Waals surface area (Å²) in [6.07, 6.45) is 0. The van der Waals surface area contributed by atoms with Gasteiger partial charge in [-0.3, -0.25) is 14.5 Å². The van der Waals surface area contributed by atoms with Crippen LogP contribution in [0.2, 0.25) is 0 Å². The molecule has 0 aliphatic rings. The molecule has 1 N–H and O–H groups in total. The van der Waals surface area contributed by atoms with Crippen molar-refractivity contribution in [1.82, 2.24) is 14.4 Å². The van der Waals surface area contributed by atoms with E-state index in [1.807, 2.05) is 62.6 Å².